The molecule has 0 bridgehead atoms. The summed E-state index contributed by atoms with van der Waals surface area (Å²) in [6.45, 7) is 5.88. The van der Waals surface area contributed by atoms with Gasteiger partial charge >= 0.3 is 0 Å². The van der Waals surface area contributed by atoms with Gasteiger partial charge in [0.2, 0.25) is 0 Å². The van der Waals surface area contributed by atoms with Crippen LogP contribution in [0.2, 0.25) is 0 Å². The minimum Gasteiger partial charge on any atom is -0.317 e. The van der Waals surface area contributed by atoms with E-state index in [1.54, 1.807) is 0 Å². The molecule has 5 nitrogen and oxygen atoms in total. The highest BCUT2D eigenvalue weighted by atomic mass is 15.3. The standard InChI is InChI=1S/C10H21N5/c1-8(14(3)4)6-11-7-10-13-12-9(2)15(10)5/h8,11H,6-7H2,1-5H3. The molecule has 0 aliphatic carbocycles. The molecule has 0 aliphatic rings. The number of aryl methyl sites for hydroxylation is 1. The fourth-order valence-corrected chi connectivity index (χ4v) is 1.18. The molecule has 1 heterocycles. The molecule has 0 aliphatic heterocycles. The second kappa shape index (κ2) is 5.23. The molecular weight excluding hydrogens is 190 g/mol. The Labute approximate surface area is 91.5 Å². The first-order valence-corrected chi connectivity index (χ1v) is 5.24. The van der Waals surface area contributed by atoms with Crippen LogP contribution in [0.3, 0.4) is 0 Å². The van der Waals surface area contributed by atoms with E-state index in [-0.39, 0.29) is 0 Å². The minimum absolute atomic E-state index is 0.527. The zero-order valence-corrected chi connectivity index (χ0v) is 10.3. The van der Waals surface area contributed by atoms with Gasteiger partial charge in [-0.25, -0.2) is 0 Å². The Morgan fingerprint density at radius 3 is 2.53 bits per heavy atom. The van der Waals surface area contributed by atoms with Crippen molar-refractivity contribution in [1.29, 1.82) is 0 Å². The van der Waals surface area contributed by atoms with E-state index in [4.69, 9.17) is 0 Å². The van der Waals surface area contributed by atoms with Gasteiger partial charge in [-0.1, -0.05) is 0 Å². The molecule has 1 aromatic heterocycles. The summed E-state index contributed by atoms with van der Waals surface area (Å²) in [4.78, 5) is 2.19. The van der Waals surface area contributed by atoms with Crippen LogP contribution in [-0.2, 0) is 13.6 Å². The van der Waals surface area contributed by atoms with Crippen LogP contribution in [0.15, 0.2) is 0 Å². The van der Waals surface area contributed by atoms with Crippen molar-refractivity contribution in [3.8, 4) is 0 Å². The molecule has 1 aromatic rings. The summed E-state index contributed by atoms with van der Waals surface area (Å²) in [6, 6.07) is 0.527. The van der Waals surface area contributed by atoms with Gasteiger partial charge in [0.25, 0.3) is 0 Å². The Hall–Kier alpha value is -0.940. The van der Waals surface area contributed by atoms with Crippen molar-refractivity contribution in [3.05, 3.63) is 11.6 Å². The van der Waals surface area contributed by atoms with E-state index in [2.05, 4.69) is 41.4 Å². The van der Waals surface area contributed by atoms with Crippen LogP contribution < -0.4 is 5.32 Å². The smallest absolute Gasteiger partial charge is 0.146 e. The van der Waals surface area contributed by atoms with Crippen molar-refractivity contribution in [1.82, 2.24) is 25.0 Å². The molecule has 0 fully saturated rings. The van der Waals surface area contributed by atoms with Crippen molar-refractivity contribution in [3.63, 3.8) is 0 Å². The van der Waals surface area contributed by atoms with Crippen molar-refractivity contribution < 1.29 is 0 Å². The first-order valence-electron chi connectivity index (χ1n) is 5.24. The average Bonchev–Trinajstić information content (AvgIpc) is 2.49. The van der Waals surface area contributed by atoms with Crippen LogP contribution in [0.25, 0.3) is 0 Å². The number of nitrogens with zero attached hydrogens (tertiary/aromatic N) is 4. The van der Waals surface area contributed by atoms with Crippen LogP contribution in [0.4, 0.5) is 0 Å². The monoisotopic (exact) mass is 211 g/mol. The highest BCUT2D eigenvalue weighted by Gasteiger charge is 2.06. The lowest BCUT2D eigenvalue weighted by Crippen LogP contribution is -2.35. The second-order valence-electron chi connectivity index (χ2n) is 4.17. The Balaban J connectivity index is 2.35. The topological polar surface area (TPSA) is 46.0 Å². The predicted octanol–water partition coefficient (Wildman–Crippen LogP) is 0.163. The third-order valence-electron chi connectivity index (χ3n) is 2.79. The Bertz CT molecular complexity index is 305. The van der Waals surface area contributed by atoms with Crippen LogP contribution in [0.5, 0.6) is 0 Å². The van der Waals surface area contributed by atoms with Gasteiger partial charge in [-0.3, -0.25) is 0 Å². The SMILES string of the molecule is Cc1nnc(CNCC(C)N(C)C)n1C. The molecule has 0 spiro atoms. The molecule has 1 N–H and O–H groups in total. The number of aromatic nitrogens is 3. The zero-order valence-electron chi connectivity index (χ0n) is 10.3. The van der Waals surface area contributed by atoms with Gasteiger partial charge in [0.15, 0.2) is 0 Å². The van der Waals surface area contributed by atoms with E-state index in [1.807, 2.05) is 18.5 Å². The highest BCUT2D eigenvalue weighted by Crippen LogP contribution is 1.97. The number of hydrogen-bond donors (Lipinski definition) is 1. The lowest BCUT2D eigenvalue weighted by Gasteiger charge is -2.19. The maximum absolute atomic E-state index is 4.09. The Morgan fingerprint density at radius 2 is 2.07 bits per heavy atom. The van der Waals surface area contributed by atoms with Gasteiger partial charge in [0.05, 0.1) is 6.54 Å². The summed E-state index contributed by atoms with van der Waals surface area (Å²) < 4.78 is 2.01. The molecule has 0 radical (unpaired) electrons. The van der Waals surface area contributed by atoms with Gasteiger partial charge in [-0.15, -0.1) is 10.2 Å². The molecule has 1 atom stereocenters. The summed E-state index contributed by atoms with van der Waals surface area (Å²) >= 11 is 0. The van der Waals surface area contributed by atoms with Gasteiger partial charge in [-0.2, -0.15) is 0 Å². The van der Waals surface area contributed by atoms with Crippen LogP contribution in [-0.4, -0.2) is 46.3 Å². The molecule has 0 amide bonds. The van der Waals surface area contributed by atoms with Crippen molar-refractivity contribution in [2.75, 3.05) is 20.6 Å². The van der Waals surface area contributed by atoms with E-state index < -0.39 is 0 Å². The van der Waals surface area contributed by atoms with E-state index in [0.29, 0.717) is 6.04 Å². The molecule has 86 valence electrons. The van der Waals surface area contributed by atoms with Gasteiger partial charge in [0.1, 0.15) is 11.6 Å². The second-order valence-corrected chi connectivity index (χ2v) is 4.17. The van der Waals surface area contributed by atoms with Gasteiger partial charge in [0, 0.05) is 19.6 Å². The van der Waals surface area contributed by atoms with Crippen LogP contribution in [0, 0.1) is 6.92 Å². The summed E-state index contributed by atoms with van der Waals surface area (Å²) in [5.41, 5.74) is 0. The number of nitrogens with one attached hydrogen (secondary N) is 1. The van der Waals surface area contributed by atoms with E-state index in [1.165, 1.54) is 0 Å². The predicted molar refractivity (Wildman–Crippen MR) is 60.6 cm³/mol. The highest BCUT2D eigenvalue weighted by molar-refractivity contribution is 4.91. The first-order chi connectivity index (χ1) is 7.02. The largest absolute Gasteiger partial charge is 0.317 e. The lowest BCUT2D eigenvalue weighted by molar-refractivity contribution is 0.301. The number of hydrogen-bond acceptors (Lipinski definition) is 4. The fourth-order valence-electron chi connectivity index (χ4n) is 1.18. The molecule has 0 aromatic carbocycles. The Kier molecular flexibility index (Phi) is 4.23. The molecule has 0 saturated heterocycles. The van der Waals surface area contributed by atoms with Crippen molar-refractivity contribution in [2.24, 2.45) is 7.05 Å². The van der Waals surface area contributed by atoms with Gasteiger partial charge < -0.3 is 14.8 Å². The first kappa shape index (κ1) is 12.1. The third-order valence-corrected chi connectivity index (χ3v) is 2.79. The van der Waals surface area contributed by atoms with Crippen molar-refractivity contribution in [2.45, 2.75) is 26.4 Å². The Morgan fingerprint density at radius 1 is 1.40 bits per heavy atom. The quantitative estimate of drug-likeness (QED) is 0.754. The summed E-state index contributed by atoms with van der Waals surface area (Å²) in [5, 5.41) is 11.5. The number of rotatable bonds is 5. The summed E-state index contributed by atoms with van der Waals surface area (Å²) in [6.07, 6.45) is 0. The van der Waals surface area contributed by atoms with Gasteiger partial charge in [-0.05, 0) is 27.9 Å². The van der Waals surface area contributed by atoms with Crippen LogP contribution >= 0.6 is 0 Å². The maximum Gasteiger partial charge on any atom is 0.146 e. The third kappa shape index (κ3) is 3.28. The van der Waals surface area contributed by atoms with E-state index >= 15 is 0 Å². The zero-order chi connectivity index (χ0) is 11.4. The van der Waals surface area contributed by atoms with Crippen molar-refractivity contribution >= 4 is 0 Å². The molecule has 5 heteroatoms. The molecule has 0 saturated carbocycles. The number of likely N-dealkylation sites (N-methyl/N-ethyl adjacent to an activating group) is 1. The van der Waals surface area contributed by atoms with Crippen LogP contribution in [0.1, 0.15) is 18.6 Å². The molecule has 1 rings (SSSR count). The maximum atomic E-state index is 4.09. The fraction of sp³-hybridized carbons (Fsp3) is 0.800. The summed E-state index contributed by atoms with van der Waals surface area (Å²) in [5.74, 6) is 1.94. The molecule has 1 unspecified atom stereocenters. The molecular formula is C10H21N5. The summed E-state index contributed by atoms with van der Waals surface area (Å²) in [7, 11) is 6.15. The molecule has 15 heavy (non-hydrogen) atoms. The lowest BCUT2D eigenvalue weighted by atomic mass is 10.3. The van der Waals surface area contributed by atoms with E-state index in [0.717, 1.165) is 24.7 Å². The average molecular weight is 211 g/mol. The van der Waals surface area contributed by atoms with E-state index in [9.17, 15) is 0 Å². The minimum atomic E-state index is 0.527. The normalized spacial score (nSPS) is 13.5.